The molecular weight excluding hydrogens is 256 g/mol. The number of fused-ring (bicyclic) bond motifs is 1. The Morgan fingerprint density at radius 1 is 1.32 bits per heavy atom. The van der Waals surface area contributed by atoms with Crippen LogP contribution in [0, 0.1) is 0 Å². The van der Waals surface area contributed by atoms with E-state index in [1.165, 1.54) is 29.7 Å². The van der Waals surface area contributed by atoms with Crippen LogP contribution in [0.4, 0.5) is 0 Å². The van der Waals surface area contributed by atoms with E-state index in [-0.39, 0.29) is 0 Å². The van der Waals surface area contributed by atoms with E-state index in [2.05, 4.69) is 6.07 Å². The molecule has 0 bridgehead atoms. The molecule has 1 aliphatic rings. The van der Waals surface area contributed by atoms with Gasteiger partial charge in [0.25, 0.3) is 0 Å². The van der Waals surface area contributed by atoms with Gasteiger partial charge in [-0.1, -0.05) is 12.1 Å². The van der Waals surface area contributed by atoms with Crippen molar-refractivity contribution in [1.29, 1.82) is 0 Å². The van der Waals surface area contributed by atoms with Crippen LogP contribution < -0.4 is 4.74 Å². The van der Waals surface area contributed by atoms with E-state index >= 15 is 0 Å². The second-order valence-corrected chi connectivity index (χ2v) is 6.19. The molecule has 0 radical (unpaired) electrons. The Hall–Kier alpha value is -1.32. The fourth-order valence-electron chi connectivity index (χ4n) is 2.64. The molecule has 0 spiro atoms. The SMILES string of the molecule is COc1cccc(CC(O)c2cc3c(s2)CCC3)c1. The second kappa shape index (κ2) is 5.35. The lowest BCUT2D eigenvalue weighted by atomic mass is 10.1. The van der Waals surface area contributed by atoms with Crippen LogP contribution in [0.25, 0.3) is 0 Å². The van der Waals surface area contributed by atoms with Gasteiger partial charge >= 0.3 is 0 Å². The number of hydrogen-bond acceptors (Lipinski definition) is 3. The Morgan fingerprint density at radius 2 is 2.21 bits per heavy atom. The van der Waals surface area contributed by atoms with Crippen molar-refractivity contribution in [3.63, 3.8) is 0 Å². The molecule has 1 N–H and O–H groups in total. The maximum Gasteiger partial charge on any atom is 0.119 e. The van der Waals surface area contributed by atoms with Gasteiger partial charge in [-0.3, -0.25) is 0 Å². The summed E-state index contributed by atoms with van der Waals surface area (Å²) in [6.07, 6.45) is 3.89. The molecule has 3 rings (SSSR count). The van der Waals surface area contributed by atoms with E-state index in [1.807, 2.05) is 24.3 Å². The van der Waals surface area contributed by atoms with Crippen LogP contribution in [0.15, 0.2) is 30.3 Å². The summed E-state index contributed by atoms with van der Waals surface area (Å²) < 4.78 is 5.21. The van der Waals surface area contributed by atoms with Crippen LogP contribution in [0.5, 0.6) is 5.75 Å². The van der Waals surface area contributed by atoms with Crippen molar-refractivity contribution in [1.82, 2.24) is 0 Å². The summed E-state index contributed by atoms with van der Waals surface area (Å²) >= 11 is 1.78. The van der Waals surface area contributed by atoms with Gasteiger partial charge in [0.05, 0.1) is 13.2 Å². The highest BCUT2D eigenvalue weighted by atomic mass is 32.1. The molecule has 1 atom stereocenters. The molecule has 0 fully saturated rings. The summed E-state index contributed by atoms with van der Waals surface area (Å²) in [4.78, 5) is 2.58. The van der Waals surface area contributed by atoms with Crippen LogP contribution in [-0.4, -0.2) is 12.2 Å². The quantitative estimate of drug-likeness (QED) is 0.924. The van der Waals surface area contributed by atoms with Crippen molar-refractivity contribution < 1.29 is 9.84 Å². The van der Waals surface area contributed by atoms with Crippen molar-refractivity contribution >= 4 is 11.3 Å². The molecule has 1 aromatic heterocycles. The summed E-state index contributed by atoms with van der Waals surface area (Å²) in [5.41, 5.74) is 2.56. The number of aliphatic hydroxyl groups is 1. The van der Waals surface area contributed by atoms with Crippen molar-refractivity contribution in [3.8, 4) is 5.75 Å². The number of thiophene rings is 1. The van der Waals surface area contributed by atoms with E-state index < -0.39 is 6.10 Å². The Bertz CT molecular complexity index is 552. The van der Waals surface area contributed by atoms with E-state index in [0.717, 1.165) is 16.2 Å². The fourth-order valence-corrected chi connectivity index (χ4v) is 3.88. The average Bonchev–Trinajstić information content (AvgIpc) is 2.99. The van der Waals surface area contributed by atoms with E-state index in [0.29, 0.717) is 6.42 Å². The largest absolute Gasteiger partial charge is 0.497 e. The number of hydrogen-bond donors (Lipinski definition) is 1. The van der Waals surface area contributed by atoms with Crippen molar-refractivity contribution in [3.05, 3.63) is 51.2 Å². The molecule has 2 nitrogen and oxygen atoms in total. The Kier molecular flexibility index (Phi) is 3.58. The molecule has 1 unspecified atom stereocenters. The third-order valence-corrected chi connectivity index (χ3v) is 5.00. The van der Waals surface area contributed by atoms with Gasteiger partial charge in [-0.2, -0.15) is 0 Å². The van der Waals surface area contributed by atoms with Gasteiger partial charge in [0.1, 0.15) is 5.75 Å². The normalized spacial score (nSPS) is 15.3. The minimum absolute atomic E-state index is 0.400. The standard InChI is InChI=1S/C16H18O2S/c1-18-13-6-2-4-11(8-13)9-14(17)16-10-12-5-3-7-15(12)19-16/h2,4,6,8,10,14,17H,3,5,7,9H2,1H3. The number of rotatable bonds is 4. The molecule has 3 heteroatoms. The molecule has 2 aromatic rings. The summed E-state index contributed by atoms with van der Waals surface area (Å²) in [6.45, 7) is 0. The first-order valence-electron chi connectivity index (χ1n) is 6.69. The second-order valence-electron chi connectivity index (χ2n) is 5.02. The van der Waals surface area contributed by atoms with Crippen molar-refractivity contribution in [2.75, 3.05) is 7.11 Å². The molecule has 100 valence electrons. The molecule has 1 heterocycles. The van der Waals surface area contributed by atoms with Crippen LogP contribution in [0.1, 0.15) is 33.4 Å². The third-order valence-electron chi connectivity index (χ3n) is 3.66. The predicted molar refractivity (Wildman–Crippen MR) is 78.0 cm³/mol. The highest BCUT2D eigenvalue weighted by molar-refractivity contribution is 7.12. The maximum absolute atomic E-state index is 10.4. The maximum atomic E-state index is 10.4. The monoisotopic (exact) mass is 274 g/mol. The molecule has 1 aliphatic carbocycles. The first-order chi connectivity index (χ1) is 9.26. The molecule has 0 saturated carbocycles. The molecule has 0 amide bonds. The number of benzene rings is 1. The van der Waals surface area contributed by atoms with Gasteiger partial charge in [0.15, 0.2) is 0 Å². The molecular formula is C16H18O2S. The Labute approximate surface area is 117 Å². The molecule has 0 saturated heterocycles. The number of aryl methyl sites for hydroxylation is 2. The van der Waals surface area contributed by atoms with Gasteiger partial charge in [0, 0.05) is 16.2 Å². The Balaban J connectivity index is 1.74. The zero-order chi connectivity index (χ0) is 13.2. The van der Waals surface area contributed by atoms with Crippen LogP contribution in [-0.2, 0) is 19.3 Å². The molecule has 1 aromatic carbocycles. The van der Waals surface area contributed by atoms with Crippen LogP contribution in [0.3, 0.4) is 0 Å². The first-order valence-corrected chi connectivity index (χ1v) is 7.50. The van der Waals surface area contributed by atoms with E-state index in [1.54, 1.807) is 18.4 Å². The minimum atomic E-state index is -0.400. The zero-order valence-corrected chi connectivity index (χ0v) is 11.9. The fraction of sp³-hybridized carbons (Fsp3) is 0.375. The summed E-state index contributed by atoms with van der Waals surface area (Å²) in [5.74, 6) is 0.846. The average molecular weight is 274 g/mol. The zero-order valence-electron chi connectivity index (χ0n) is 11.1. The summed E-state index contributed by atoms with van der Waals surface area (Å²) in [6, 6.07) is 10.1. The van der Waals surface area contributed by atoms with Gasteiger partial charge in [-0.25, -0.2) is 0 Å². The van der Waals surface area contributed by atoms with Crippen molar-refractivity contribution in [2.45, 2.75) is 31.8 Å². The summed E-state index contributed by atoms with van der Waals surface area (Å²) in [7, 11) is 1.67. The first kappa shape index (κ1) is 12.7. The van der Waals surface area contributed by atoms with E-state index in [9.17, 15) is 5.11 Å². The highest BCUT2D eigenvalue weighted by Gasteiger charge is 2.19. The van der Waals surface area contributed by atoms with E-state index in [4.69, 9.17) is 4.74 Å². The third kappa shape index (κ3) is 2.67. The number of aliphatic hydroxyl groups excluding tert-OH is 1. The van der Waals surface area contributed by atoms with Gasteiger partial charge < -0.3 is 9.84 Å². The highest BCUT2D eigenvalue weighted by Crippen LogP contribution is 2.34. The lowest BCUT2D eigenvalue weighted by Gasteiger charge is -2.10. The van der Waals surface area contributed by atoms with Crippen LogP contribution >= 0.6 is 11.3 Å². The van der Waals surface area contributed by atoms with Gasteiger partial charge in [-0.15, -0.1) is 11.3 Å². The summed E-state index contributed by atoms with van der Waals surface area (Å²) in [5, 5.41) is 10.4. The predicted octanol–water partition coefficient (Wildman–Crippen LogP) is 3.52. The number of ether oxygens (including phenoxy) is 1. The lowest BCUT2D eigenvalue weighted by Crippen LogP contribution is -2.00. The van der Waals surface area contributed by atoms with Gasteiger partial charge in [0.2, 0.25) is 0 Å². The molecule has 19 heavy (non-hydrogen) atoms. The number of methoxy groups -OCH3 is 1. The van der Waals surface area contributed by atoms with Gasteiger partial charge in [-0.05, 0) is 48.6 Å². The lowest BCUT2D eigenvalue weighted by molar-refractivity contribution is 0.182. The minimum Gasteiger partial charge on any atom is -0.497 e. The Morgan fingerprint density at radius 3 is 3.00 bits per heavy atom. The molecule has 0 aliphatic heterocycles. The van der Waals surface area contributed by atoms with Crippen molar-refractivity contribution in [2.24, 2.45) is 0 Å². The smallest absolute Gasteiger partial charge is 0.119 e. The topological polar surface area (TPSA) is 29.5 Å². The van der Waals surface area contributed by atoms with Crippen LogP contribution in [0.2, 0.25) is 0 Å².